The van der Waals surface area contributed by atoms with Crippen LogP contribution in [0.5, 0.6) is 0 Å². The molecule has 3 heterocycles. The highest BCUT2D eigenvalue weighted by atomic mass is 16.3. The van der Waals surface area contributed by atoms with E-state index in [1.54, 1.807) is 0 Å². The summed E-state index contributed by atoms with van der Waals surface area (Å²) < 4.78 is 11.4. The molecule has 4 nitrogen and oxygen atoms in total. The van der Waals surface area contributed by atoms with Gasteiger partial charge < -0.3 is 18.5 Å². The zero-order valence-electron chi connectivity index (χ0n) is 36.9. The van der Waals surface area contributed by atoms with E-state index in [9.17, 15) is 0 Å². The van der Waals surface area contributed by atoms with Gasteiger partial charge in [-0.15, -0.1) is 0 Å². The summed E-state index contributed by atoms with van der Waals surface area (Å²) in [4.78, 5) is 2.44. The van der Waals surface area contributed by atoms with Crippen LogP contribution in [-0.2, 0) is 0 Å². The van der Waals surface area contributed by atoms with E-state index >= 15 is 0 Å². The van der Waals surface area contributed by atoms with Crippen LogP contribution in [0.15, 0.2) is 253 Å². The second-order valence-electron chi connectivity index (χ2n) is 17.7. The van der Waals surface area contributed by atoms with Crippen LogP contribution in [-0.4, -0.2) is 9.13 Å². The maximum Gasteiger partial charge on any atom is 0.143 e. The molecule has 0 aliphatic heterocycles. The van der Waals surface area contributed by atoms with Gasteiger partial charge >= 0.3 is 0 Å². The van der Waals surface area contributed by atoms with Gasteiger partial charge in [-0.25, -0.2) is 0 Å². The number of benzene rings is 11. The van der Waals surface area contributed by atoms with E-state index in [2.05, 4.69) is 263 Å². The second kappa shape index (κ2) is 15.2. The molecule has 3 aromatic heterocycles. The summed E-state index contributed by atoms with van der Waals surface area (Å²) in [6, 6.07) is 90.0. The van der Waals surface area contributed by atoms with E-state index in [4.69, 9.17) is 4.42 Å². The van der Waals surface area contributed by atoms with Crippen LogP contribution in [0.4, 0.5) is 17.1 Å². The smallest absolute Gasteiger partial charge is 0.143 e. The Morgan fingerprint density at radius 1 is 0.324 bits per heavy atom. The van der Waals surface area contributed by atoms with Gasteiger partial charge in [-0.05, 0) is 107 Å². The number of fused-ring (bicyclic) bond motifs is 11. The lowest BCUT2D eigenvalue weighted by atomic mass is 9.98. The van der Waals surface area contributed by atoms with E-state index in [0.29, 0.717) is 0 Å². The van der Waals surface area contributed by atoms with Crippen molar-refractivity contribution >= 4 is 93.4 Å². The molecule has 0 radical (unpaired) electrons. The Hall–Kier alpha value is -9.12. The number of hydrogen-bond acceptors (Lipinski definition) is 2. The summed E-state index contributed by atoms with van der Waals surface area (Å²) >= 11 is 0. The van der Waals surface area contributed by atoms with Gasteiger partial charge in [0.1, 0.15) is 11.2 Å². The zero-order chi connectivity index (χ0) is 44.7. The standard InChI is InChI=1S/C64H41N3O/c1-2-20-49-43(16-1)34-38-54-55-41-45(35-39-63(55)68-64(49)54)48-19-3-8-25-56(48)65(61-30-13-14-31-62(61)67-59-28-11-6-23-52(59)53-24-7-12-29-60(53)67)46-36-32-42(33-37-46)44-17-15-18-47(40-44)66-57-26-9-4-21-50(57)51-22-5-10-27-58(51)66/h1-41H. The summed E-state index contributed by atoms with van der Waals surface area (Å²) in [5.74, 6) is 0. The van der Waals surface area contributed by atoms with Crippen LogP contribution >= 0.6 is 0 Å². The lowest BCUT2D eigenvalue weighted by Gasteiger charge is -2.30. The molecule has 0 aliphatic rings. The van der Waals surface area contributed by atoms with Crippen molar-refractivity contribution in [3.05, 3.63) is 249 Å². The van der Waals surface area contributed by atoms with Gasteiger partial charge in [-0.1, -0.05) is 164 Å². The SMILES string of the molecule is c1cc(-c2ccc(N(c3ccccc3-c3ccc4oc5c6ccccc6ccc5c4c3)c3ccccc3-n3c4ccccc4c4ccccc43)cc2)cc(-n2c3ccccc3c3ccccc32)c1. The Morgan fingerprint density at radius 3 is 1.57 bits per heavy atom. The molecule has 0 fully saturated rings. The Morgan fingerprint density at radius 2 is 0.882 bits per heavy atom. The van der Waals surface area contributed by atoms with Crippen molar-refractivity contribution in [2.24, 2.45) is 0 Å². The van der Waals surface area contributed by atoms with Crippen LogP contribution in [0, 0.1) is 0 Å². The number of anilines is 3. The molecule has 0 saturated heterocycles. The molecule has 0 atom stereocenters. The second-order valence-corrected chi connectivity index (χ2v) is 17.7. The third-order valence-corrected chi connectivity index (χ3v) is 13.9. The average molecular weight is 868 g/mol. The molecule has 14 aromatic rings. The number of hydrogen-bond donors (Lipinski definition) is 0. The van der Waals surface area contributed by atoms with Crippen LogP contribution in [0.25, 0.3) is 110 Å². The number of rotatable bonds is 7. The van der Waals surface area contributed by atoms with E-state index in [1.807, 2.05) is 0 Å². The predicted octanol–water partition coefficient (Wildman–Crippen LogP) is 17.7. The molecule has 4 heteroatoms. The monoisotopic (exact) mass is 867 g/mol. The van der Waals surface area contributed by atoms with Crippen molar-refractivity contribution in [2.45, 2.75) is 0 Å². The van der Waals surface area contributed by atoms with Crippen molar-refractivity contribution in [3.8, 4) is 33.6 Å². The van der Waals surface area contributed by atoms with Crippen molar-refractivity contribution in [2.75, 3.05) is 4.90 Å². The lowest BCUT2D eigenvalue weighted by molar-refractivity contribution is 0.672. The van der Waals surface area contributed by atoms with Crippen LogP contribution in [0.2, 0.25) is 0 Å². The van der Waals surface area contributed by atoms with Crippen LogP contribution in [0.3, 0.4) is 0 Å². The first kappa shape index (κ1) is 38.2. The van der Waals surface area contributed by atoms with E-state index < -0.39 is 0 Å². The van der Waals surface area contributed by atoms with Crippen molar-refractivity contribution < 1.29 is 4.42 Å². The summed E-state index contributed by atoms with van der Waals surface area (Å²) in [7, 11) is 0. The predicted molar refractivity (Wildman–Crippen MR) is 285 cm³/mol. The third kappa shape index (κ3) is 5.87. The molecular formula is C64H41N3O. The first-order valence-corrected chi connectivity index (χ1v) is 23.3. The topological polar surface area (TPSA) is 26.2 Å². The van der Waals surface area contributed by atoms with E-state index in [1.165, 1.54) is 38.0 Å². The molecule has 14 rings (SSSR count). The molecule has 0 bridgehead atoms. The highest BCUT2D eigenvalue weighted by molar-refractivity contribution is 6.16. The molecule has 318 valence electrons. The number of nitrogens with zero attached hydrogens (tertiary/aromatic N) is 3. The van der Waals surface area contributed by atoms with Gasteiger partial charge in [-0.2, -0.15) is 0 Å². The van der Waals surface area contributed by atoms with E-state index in [0.717, 1.165) is 89.0 Å². The Labute approximate surface area is 392 Å². The number of furan rings is 1. The summed E-state index contributed by atoms with van der Waals surface area (Å²) in [6.07, 6.45) is 0. The van der Waals surface area contributed by atoms with E-state index in [-0.39, 0.29) is 0 Å². The highest BCUT2D eigenvalue weighted by Gasteiger charge is 2.23. The first-order chi connectivity index (χ1) is 33.7. The van der Waals surface area contributed by atoms with Crippen molar-refractivity contribution in [1.82, 2.24) is 9.13 Å². The number of aromatic nitrogens is 2. The van der Waals surface area contributed by atoms with Gasteiger partial charge in [0.05, 0.1) is 39.1 Å². The molecule has 0 spiro atoms. The maximum atomic E-state index is 6.60. The minimum atomic E-state index is 0.879. The highest BCUT2D eigenvalue weighted by Crippen LogP contribution is 2.46. The van der Waals surface area contributed by atoms with Gasteiger partial charge in [0.15, 0.2) is 0 Å². The fraction of sp³-hybridized carbons (Fsp3) is 0. The quantitative estimate of drug-likeness (QED) is 0.160. The van der Waals surface area contributed by atoms with Crippen molar-refractivity contribution in [1.29, 1.82) is 0 Å². The Kier molecular flexibility index (Phi) is 8.55. The van der Waals surface area contributed by atoms with Gasteiger partial charge in [0, 0.05) is 54.6 Å². The maximum absolute atomic E-state index is 6.60. The Bertz CT molecular complexity index is 4180. The normalized spacial score (nSPS) is 11.8. The molecule has 0 amide bonds. The molecule has 0 aliphatic carbocycles. The lowest BCUT2D eigenvalue weighted by Crippen LogP contribution is -2.14. The third-order valence-electron chi connectivity index (χ3n) is 13.9. The molecule has 0 N–H and O–H groups in total. The van der Waals surface area contributed by atoms with Crippen LogP contribution < -0.4 is 4.90 Å². The van der Waals surface area contributed by atoms with Gasteiger partial charge in [-0.3, -0.25) is 0 Å². The molecule has 0 saturated carbocycles. The minimum Gasteiger partial charge on any atom is -0.455 e. The summed E-state index contributed by atoms with van der Waals surface area (Å²) in [5, 5.41) is 9.47. The van der Waals surface area contributed by atoms with Gasteiger partial charge in [0.25, 0.3) is 0 Å². The summed E-state index contributed by atoms with van der Waals surface area (Å²) in [6.45, 7) is 0. The van der Waals surface area contributed by atoms with Gasteiger partial charge in [0.2, 0.25) is 0 Å². The minimum absolute atomic E-state index is 0.879. The van der Waals surface area contributed by atoms with Crippen molar-refractivity contribution in [3.63, 3.8) is 0 Å². The fourth-order valence-corrected chi connectivity index (χ4v) is 10.8. The summed E-state index contributed by atoms with van der Waals surface area (Å²) in [5.41, 5.74) is 16.5. The average Bonchev–Trinajstić information content (AvgIpc) is 4.07. The van der Waals surface area contributed by atoms with Crippen LogP contribution in [0.1, 0.15) is 0 Å². The molecule has 11 aromatic carbocycles. The first-order valence-electron chi connectivity index (χ1n) is 23.3. The largest absolute Gasteiger partial charge is 0.455 e. The Balaban J connectivity index is 0.953. The molecule has 68 heavy (non-hydrogen) atoms. The molecular weight excluding hydrogens is 827 g/mol. The number of para-hydroxylation sites is 7. The molecule has 0 unspecified atom stereocenters. The fourth-order valence-electron chi connectivity index (χ4n) is 10.8. The zero-order valence-corrected chi connectivity index (χ0v) is 36.9.